The van der Waals surface area contributed by atoms with Gasteiger partial charge in [0.1, 0.15) is 0 Å². The lowest BCUT2D eigenvalue weighted by molar-refractivity contribution is -0.161. The second-order valence-electron chi connectivity index (χ2n) is 11.7. The van der Waals surface area contributed by atoms with Gasteiger partial charge in [-0.05, 0) is 47.1 Å². The van der Waals surface area contributed by atoms with Crippen molar-refractivity contribution in [1.29, 1.82) is 0 Å². The topological polar surface area (TPSA) is 61.8 Å². The van der Waals surface area contributed by atoms with E-state index in [1.807, 2.05) is 13.8 Å². The van der Waals surface area contributed by atoms with E-state index in [1.165, 1.54) is 0 Å². The summed E-state index contributed by atoms with van der Waals surface area (Å²) in [6.45, 7) is 30.5. The molecule has 0 aromatic rings. The van der Waals surface area contributed by atoms with E-state index in [2.05, 4.69) is 83.1 Å². The molecule has 0 heterocycles. The Labute approximate surface area is 207 Å². The van der Waals surface area contributed by atoms with Crippen LogP contribution in [0.3, 0.4) is 0 Å². The first-order valence-electron chi connectivity index (χ1n) is 13.0. The zero-order valence-electron chi connectivity index (χ0n) is 24.1. The molecule has 0 spiro atoms. The Hall–Kier alpha value is -0.506. The molecule has 5 nitrogen and oxygen atoms in total. The van der Waals surface area contributed by atoms with Gasteiger partial charge in [0.25, 0.3) is 0 Å². The molecule has 0 N–H and O–H groups in total. The normalized spacial score (nSPS) is 15.3. The molecule has 0 amide bonds. The molecule has 0 aromatic heterocycles. The van der Waals surface area contributed by atoms with Crippen LogP contribution in [-0.2, 0) is 23.2 Å². The van der Waals surface area contributed by atoms with E-state index in [4.69, 9.17) is 13.6 Å². The number of carbonyl (C=O) groups excluding carboxylic acids is 2. The Morgan fingerprint density at radius 3 is 0.879 bits per heavy atom. The van der Waals surface area contributed by atoms with E-state index < -0.39 is 28.6 Å². The van der Waals surface area contributed by atoms with Gasteiger partial charge in [0.15, 0.2) is 0 Å². The highest BCUT2D eigenvalue weighted by molar-refractivity contribution is 6.78. The summed E-state index contributed by atoms with van der Waals surface area (Å²) >= 11 is 0. The van der Waals surface area contributed by atoms with Crippen molar-refractivity contribution in [2.24, 2.45) is 0 Å². The molecule has 2 atom stereocenters. The van der Waals surface area contributed by atoms with Crippen molar-refractivity contribution in [1.82, 2.24) is 0 Å². The molecular weight excluding hydrogens is 448 g/mol. The third-order valence-electron chi connectivity index (χ3n) is 7.36. The van der Waals surface area contributed by atoms with Gasteiger partial charge >= 0.3 is 11.9 Å². The third kappa shape index (κ3) is 8.29. The van der Waals surface area contributed by atoms with Crippen molar-refractivity contribution in [3.05, 3.63) is 0 Å². The van der Waals surface area contributed by atoms with Crippen molar-refractivity contribution in [2.75, 3.05) is 0 Å². The number of ether oxygens (including phenoxy) is 1. The average molecular weight is 503 g/mol. The molecule has 196 valence electrons. The minimum Gasteiger partial charge on any atom is -0.413 e. The van der Waals surface area contributed by atoms with Crippen LogP contribution in [0.15, 0.2) is 0 Å². The van der Waals surface area contributed by atoms with Gasteiger partial charge < -0.3 is 13.6 Å². The number of hydrogen-bond acceptors (Lipinski definition) is 5. The molecular formula is C26H54O5Si2. The second-order valence-corrected chi connectivity index (χ2v) is 22.6. The summed E-state index contributed by atoms with van der Waals surface area (Å²) in [7, 11) is -4.18. The molecule has 0 aromatic carbocycles. The second kappa shape index (κ2) is 13.5. The summed E-state index contributed by atoms with van der Waals surface area (Å²) in [5, 5.41) is 0. The minimum atomic E-state index is -2.09. The zero-order chi connectivity index (χ0) is 26.3. The number of rotatable bonds is 14. The molecule has 0 rings (SSSR count). The van der Waals surface area contributed by atoms with Crippen molar-refractivity contribution in [2.45, 2.75) is 155 Å². The average Bonchev–Trinajstić information content (AvgIpc) is 2.61. The molecule has 0 unspecified atom stereocenters. The molecule has 0 bridgehead atoms. The monoisotopic (exact) mass is 502 g/mol. The fourth-order valence-electron chi connectivity index (χ4n) is 6.28. The minimum absolute atomic E-state index is 0.0879. The first-order chi connectivity index (χ1) is 14.9. The highest BCUT2D eigenvalue weighted by Crippen LogP contribution is 2.44. The van der Waals surface area contributed by atoms with Crippen LogP contribution in [0.25, 0.3) is 0 Å². The fraction of sp³-hybridized carbons (Fsp3) is 0.923. The van der Waals surface area contributed by atoms with Crippen molar-refractivity contribution in [3.8, 4) is 0 Å². The maximum atomic E-state index is 12.5. The highest BCUT2D eigenvalue weighted by atomic mass is 28.4. The summed E-state index contributed by atoms with van der Waals surface area (Å²) in [4.78, 5) is 25.0. The quantitative estimate of drug-likeness (QED) is 0.137. The van der Waals surface area contributed by atoms with Gasteiger partial charge in [-0.2, -0.15) is 0 Å². The van der Waals surface area contributed by atoms with Crippen molar-refractivity contribution in [3.63, 3.8) is 0 Å². The van der Waals surface area contributed by atoms with E-state index in [0.717, 1.165) is 0 Å². The highest BCUT2D eigenvalue weighted by Gasteiger charge is 2.47. The lowest BCUT2D eigenvalue weighted by atomic mass is 10.3. The molecule has 0 aliphatic rings. The van der Waals surface area contributed by atoms with Gasteiger partial charge in [0.2, 0.25) is 16.6 Å². The standard InChI is InChI=1S/C26H54O5Si2/c1-17(2)32(18(3)4,19(5)6)30-23(13)15-25(27)29-26(28)16-24(14)31-33(20(7)8,21(9)10)22(11)12/h17-24H,15-16H2,1-14H3/t23-,24-/m1/s1. The molecule has 0 aliphatic heterocycles. The molecule has 7 heteroatoms. The Bertz CT molecular complexity index is 518. The van der Waals surface area contributed by atoms with Crippen LogP contribution in [0.5, 0.6) is 0 Å². The molecule has 33 heavy (non-hydrogen) atoms. The summed E-state index contributed by atoms with van der Waals surface area (Å²) in [6.07, 6.45) is -0.379. The third-order valence-corrected chi connectivity index (χ3v) is 19.8. The summed E-state index contributed by atoms with van der Waals surface area (Å²) in [5.41, 5.74) is 2.60. The van der Waals surface area contributed by atoms with Gasteiger partial charge in [-0.15, -0.1) is 0 Å². The van der Waals surface area contributed by atoms with Crippen LogP contribution < -0.4 is 0 Å². The molecule has 0 fully saturated rings. The van der Waals surface area contributed by atoms with Gasteiger partial charge in [0, 0.05) is 0 Å². The number of hydrogen-bond donors (Lipinski definition) is 0. The van der Waals surface area contributed by atoms with Crippen molar-refractivity contribution >= 4 is 28.6 Å². The van der Waals surface area contributed by atoms with Crippen LogP contribution in [-0.4, -0.2) is 40.8 Å². The van der Waals surface area contributed by atoms with Gasteiger partial charge in [-0.3, -0.25) is 9.59 Å². The smallest absolute Gasteiger partial charge is 0.316 e. The van der Waals surface area contributed by atoms with Crippen LogP contribution in [0, 0.1) is 0 Å². The fourth-order valence-corrected chi connectivity index (χ4v) is 17.5. The lowest BCUT2D eigenvalue weighted by Gasteiger charge is -2.44. The van der Waals surface area contributed by atoms with Gasteiger partial charge in [-0.1, -0.05) is 83.1 Å². The van der Waals surface area contributed by atoms with E-state index in [-0.39, 0.29) is 25.0 Å². The zero-order valence-corrected chi connectivity index (χ0v) is 26.1. The van der Waals surface area contributed by atoms with E-state index >= 15 is 0 Å². The first kappa shape index (κ1) is 32.5. The Balaban J connectivity index is 5.08. The van der Waals surface area contributed by atoms with E-state index in [9.17, 15) is 9.59 Å². The van der Waals surface area contributed by atoms with Crippen molar-refractivity contribution < 1.29 is 23.2 Å². The van der Waals surface area contributed by atoms with Gasteiger partial charge in [-0.25, -0.2) is 0 Å². The van der Waals surface area contributed by atoms with Crippen LogP contribution >= 0.6 is 0 Å². The summed E-state index contributed by atoms with van der Waals surface area (Å²) in [5.74, 6) is -1.03. The van der Waals surface area contributed by atoms with E-state index in [0.29, 0.717) is 33.2 Å². The first-order valence-corrected chi connectivity index (χ1v) is 17.3. The molecule has 0 aliphatic carbocycles. The van der Waals surface area contributed by atoms with Gasteiger partial charge in [0.05, 0.1) is 25.0 Å². The maximum Gasteiger partial charge on any atom is 0.316 e. The lowest BCUT2D eigenvalue weighted by Crippen LogP contribution is -2.50. The predicted molar refractivity (Wildman–Crippen MR) is 144 cm³/mol. The maximum absolute atomic E-state index is 12.5. The Kier molecular flexibility index (Phi) is 13.3. The SMILES string of the molecule is CC(C)[Si](O[C@H](C)CC(=O)OC(=O)C[C@@H](C)O[Si](C(C)C)(C(C)C)C(C)C)(C(C)C)C(C)C. The van der Waals surface area contributed by atoms with E-state index in [1.54, 1.807) is 0 Å². The number of carbonyl (C=O) groups is 2. The Morgan fingerprint density at radius 1 is 0.485 bits per heavy atom. The van der Waals surface area contributed by atoms with Crippen LogP contribution in [0.4, 0.5) is 0 Å². The molecule has 0 saturated heterocycles. The number of esters is 2. The predicted octanol–water partition coefficient (Wildman–Crippen LogP) is 8.00. The Morgan fingerprint density at radius 2 is 0.697 bits per heavy atom. The summed E-state index contributed by atoms with van der Waals surface area (Å²) < 4.78 is 18.4. The molecule has 0 radical (unpaired) electrons. The van der Waals surface area contributed by atoms with Crippen LogP contribution in [0.1, 0.15) is 110 Å². The summed E-state index contributed by atoms with van der Waals surface area (Å²) in [6, 6.07) is 0. The molecule has 0 saturated carbocycles. The largest absolute Gasteiger partial charge is 0.413 e. The van der Waals surface area contributed by atoms with Crippen LogP contribution in [0.2, 0.25) is 33.2 Å².